The van der Waals surface area contributed by atoms with E-state index in [4.69, 9.17) is 31.2 Å². The van der Waals surface area contributed by atoms with Gasteiger partial charge in [0, 0.05) is 6.07 Å². The Morgan fingerprint density at radius 2 is 1.89 bits per heavy atom. The topological polar surface area (TPSA) is 57.2 Å². The van der Waals surface area contributed by atoms with Crippen molar-refractivity contribution in [1.29, 1.82) is 0 Å². The first kappa shape index (κ1) is 24.0. The fourth-order valence-corrected chi connectivity index (χ4v) is 5.75. The van der Waals surface area contributed by atoms with Crippen LogP contribution in [-0.2, 0) is 11.4 Å². The van der Waals surface area contributed by atoms with Gasteiger partial charge in [-0.15, -0.1) is 0 Å². The van der Waals surface area contributed by atoms with Crippen LogP contribution in [0.3, 0.4) is 0 Å². The first-order valence-corrected chi connectivity index (χ1v) is 13.0. The number of aryl methyl sites for hydroxylation is 1. The van der Waals surface area contributed by atoms with Crippen LogP contribution < -0.4 is 23.8 Å². The summed E-state index contributed by atoms with van der Waals surface area (Å²) in [5.74, 6) is 2.33. The fourth-order valence-electron chi connectivity index (χ4n) is 3.67. The Kier molecular flexibility index (Phi) is 6.90. The molecule has 1 fully saturated rings. The molecule has 2 aliphatic rings. The summed E-state index contributed by atoms with van der Waals surface area (Å²) in [6.07, 6.45) is 1.82. The van der Waals surface area contributed by atoms with Gasteiger partial charge in [0.1, 0.15) is 6.61 Å². The molecule has 0 atom stereocenters. The van der Waals surface area contributed by atoms with Gasteiger partial charge in [-0.25, -0.2) is 0 Å². The molecular formula is C26H20INO5S2. The third kappa shape index (κ3) is 4.98. The van der Waals surface area contributed by atoms with Gasteiger partial charge in [0.2, 0.25) is 6.79 Å². The molecule has 3 aromatic rings. The number of thioether (sulfide) groups is 1. The molecule has 2 heterocycles. The van der Waals surface area contributed by atoms with E-state index in [1.54, 1.807) is 25.3 Å². The molecule has 178 valence electrons. The molecule has 3 aromatic carbocycles. The van der Waals surface area contributed by atoms with Gasteiger partial charge in [0.05, 0.1) is 21.3 Å². The van der Waals surface area contributed by atoms with Gasteiger partial charge in [-0.1, -0.05) is 53.8 Å². The highest BCUT2D eigenvalue weighted by molar-refractivity contribution is 14.1. The Morgan fingerprint density at radius 1 is 1.11 bits per heavy atom. The van der Waals surface area contributed by atoms with Crippen molar-refractivity contribution in [2.75, 3.05) is 18.8 Å². The summed E-state index contributed by atoms with van der Waals surface area (Å²) in [6.45, 7) is 2.65. The number of nitrogens with zero attached hydrogens (tertiary/aromatic N) is 1. The number of halogens is 1. The number of rotatable bonds is 6. The predicted octanol–water partition coefficient (Wildman–Crippen LogP) is 6.32. The average molecular weight is 617 g/mol. The first-order valence-electron chi connectivity index (χ1n) is 10.7. The number of methoxy groups -OCH3 is 1. The van der Waals surface area contributed by atoms with Crippen molar-refractivity contribution < 1.29 is 23.7 Å². The van der Waals surface area contributed by atoms with Crippen LogP contribution in [0, 0.1) is 10.5 Å². The lowest BCUT2D eigenvalue weighted by Crippen LogP contribution is -2.27. The van der Waals surface area contributed by atoms with E-state index in [9.17, 15) is 4.79 Å². The zero-order chi connectivity index (χ0) is 24.5. The Bertz CT molecular complexity index is 1360. The zero-order valence-corrected chi connectivity index (χ0v) is 22.7. The molecule has 2 aliphatic heterocycles. The average Bonchev–Trinajstić information content (AvgIpc) is 3.42. The maximum atomic E-state index is 13.2. The molecule has 0 aliphatic carbocycles. The number of benzene rings is 3. The van der Waals surface area contributed by atoms with Crippen molar-refractivity contribution in [3.63, 3.8) is 0 Å². The molecule has 6 nitrogen and oxygen atoms in total. The zero-order valence-electron chi connectivity index (χ0n) is 18.9. The van der Waals surface area contributed by atoms with Crippen molar-refractivity contribution in [3.05, 3.63) is 79.8 Å². The number of thiocarbonyl (C=S) groups is 1. The maximum absolute atomic E-state index is 13.2. The van der Waals surface area contributed by atoms with Crippen LogP contribution in [0.4, 0.5) is 5.69 Å². The van der Waals surface area contributed by atoms with E-state index in [1.807, 2.05) is 30.3 Å². The highest BCUT2D eigenvalue weighted by atomic mass is 127. The number of amides is 1. The van der Waals surface area contributed by atoms with Crippen LogP contribution in [0.25, 0.3) is 6.08 Å². The van der Waals surface area contributed by atoms with E-state index in [2.05, 4.69) is 41.6 Å². The van der Waals surface area contributed by atoms with Crippen LogP contribution in [0.15, 0.2) is 59.5 Å². The number of hydrogen-bond donors (Lipinski definition) is 0. The number of hydrogen-bond acceptors (Lipinski definition) is 7. The van der Waals surface area contributed by atoms with Gasteiger partial charge in [-0.2, -0.15) is 0 Å². The van der Waals surface area contributed by atoms with Crippen molar-refractivity contribution in [3.8, 4) is 23.0 Å². The smallest absolute Gasteiger partial charge is 0.270 e. The molecule has 5 rings (SSSR count). The SMILES string of the molecule is COc1cc(/C=C2\SC(=S)N(c3ccc4c(c3)OCO4)C2=O)cc(I)c1OCc1ccc(C)cc1. The molecule has 9 heteroatoms. The molecule has 0 saturated carbocycles. The summed E-state index contributed by atoms with van der Waals surface area (Å²) in [5, 5.41) is 0. The summed E-state index contributed by atoms with van der Waals surface area (Å²) < 4.78 is 23.8. The van der Waals surface area contributed by atoms with Crippen molar-refractivity contribution in [2.24, 2.45) is 0 Å². The third-order valence-electron chi connectivity index (χ3n) is 5.46. The van der Waals surface area contributed by atoms with E-state index < -0.39 is 0 Å². The molecule has 1 saturated heterocycles. The number of carbonyl (C=O) groups excluding carboxylic acids is 1. The molecule has 0 N–H and O–H groups in total. The summed E-state index contributed by atoms with van der Waals surface area (Å²) in [7, 11) is 1.60. The van der Waals surface area contributed by atoms with Gasteiger partial charge >= 0.3 is 0 Å². The molecule has 0 unspecified atom stereocenters. The Labute approximate surface area is 226 Å². The Hall–Kier alpha value is -2.76. The minimum absolute atomic E-state index is 0.169. The number of anilines is 1. The minimum Gasteiger partial charge on any atom is -0.493 e. The number of ether oxygens (including phenoxy) is 4. The normalized spacial score (nSPS) is 15.7. The molecule has 0 radical (unpaired) electrons. The van der Waals surface area contributed by atoms with Gasteiger partial charge in [-0.3, -0.25) is 9.69 Å². The fraction of sp³-hybridized carbons (Fsp3) is 0.154. The second kappa shape index (κ2) is 10.1. The lowest BCUT2D eigenvalue weighted by molar-refractivity contribution is -0.113. The van der Waals surface area contributed by atoms with E-state index >= 15 is 0 Å². The van der Waals surface area contributed by atoms with Crippen LogP contribution in [-0.4, -0.2) is 24.1 Å². The van der Waals surface area contributed by atoms with Gasteiger partial charge in [-0.05, 0) is 71.0 Å². The Morgan fingerprint density at radius 3 is 2.66 bits per heavy atom. The monoisotopic (exact) mass is 617 g/mol. The quantitative estimate of drug-likeness (QED) is 0.182. The Balaban J connectivity index is 1.38. The second-order valence-electron chi connectivity index (χ2n) is 7.86. The number of fused-ring (bicyclic) bond motifs is 1. The van der Waals surface area contributed by atoms with Gasteiger partial charge in [0.15, 0.2) is 27.3 Å². The summed E-state index contributed by atoms with van der Waals surface area (Å²) in [4.78, 5) is 15.3. The summed E-state index contributed by atoms with van der Waals surface area (Å²) in [5.41, 5.74) is 3.74. The molecule has 1 amide bonds. The van der Waals surface area contributed by atoms with Crippen molar-refractivity contribution in [1.82, 2.24) is 0 Å². The lowest BCUT2D eigenvalue weighted by Gasteiger charge is -2.15. The highest BCUT2D eigenvalue weighted by Gasteiger charge is 2.34. The lowest BCUT2D eigenvalue weighted by atomic mass is 10.1. The predicted molar refractivity (Wildman–Crippen MR) is 149 cm³/mol. The third-order valence-corrected chi connectivity index (χ3v) is 7.56. The van der Waals surface area contributed by atoms with Gasteiger partial charge in [0.25, 0.3) is 5.91 Å². The van der Waals surface area contributed by atoms with Crippen molar-refractivity contribution in [2.45, 2.75) is 13.5 Å². The standard InChI is InChI=1S/C26H20INO5S2/c1-15-3-5-16(6-4-15)13-31-24-19(27)9-17(10-22(24)30-2)11-23-25(29)28(26(34)35-23)18-7-8-20-21(12-18)33-14-32-20/h3-12H,13-14H2,1-2H3/b23-11-. The largest absolute Gasteiger partial charge is 0.493 e. The van der Waals surface area contributed by atoms with Gasteiger partial charge < -0.3 is 18.9 Å². The summed E-state index contributed by atoms with van der Waals surface area (Å²) in [6, 6.07) is 17.4. The molecule has 0 spiro atoms. The van der Waals surface area contributed by atoms with E-state index in [0.717, 1.165) is 14.7 Å². The van der Waals surface area contributed by atoms with E-state index in [1.165, 1.54) is 22.2 Å². The molecule has 0 bridgehead atoms. The second-order valence-corrected chi connectivity index (χ2v) is 10.7. The van der Waals surface area contributed by atoms with E-state index in [-0.39, 0.29) is 12.7 Å². The minimum atomic E-state index is -0.187. The van der Waals surface area contributed by atoms with Crippen LogP contribution >= 0.6 is 46.6 Å². The first-order chi connectivity index (χ1) is 16.9. The molecular weight excluding hydrogens is 597 g/mol. The van der Waals surface area contributed by atoms with Crippen LogP contribution in [0.2, 0.25) is 0 Å². The summed E-state index contributed by atoms with van der Waals surface area (Å²) >= 11 is 8.99. The van der Waals surface area contributed by atoms with Crippen molar-refractivity contribution >= 4 is 68.6 Å². The van der Waals surface area contributed by atoms with E-state index in [0.29, 0.717) is 44.5 Å². The highest BCUT2D eigenvalue weighted by Crippen LogP contribution is 2.42. The number of carbonyl (C=O) groups is 1. The maximum Gasteiger partial charge on any atom is 0.270 e. The van der Waals surface area contributed by atoms with Crippen LogP contribution in [0.5, 0.6) is 23.0 Å². The molecule has 35 heavy (non-hydrogen) atoms. The molecule has 0 aromatic heterocycles. The van der Waals surface area contributed by atoms with Crippen LogP contribution in [0.1, 0.15) is 16.7 Å².